The molecule has 0 radical (unpaired) electrons. The Labute approximate surface area is 248 Å². The van der Waals surface area contributed by atoms with Crippen molar-refractivity contribution in [3.8, 4) is 6.07 Å². The largest absolute Gasteiger partial charge is 0.368 e. The predicted molar refractivity (Wildman–Crippen MR) is 173 cm³/mol. The number of aliphatic imine (C=N–C) groups is 1. The van der Waals surface area contributed by atoms with Crippen molar-refractivity contribution in [2.75, 3.05) is 44.4 Å². The van der Waals surface area contributed by atoms with E-state index in [0.29, 0.717) is 24.3 Å². The summed E-state index contributed by atoms with van der Waals surface area (Å²) in [5, 5.41) is 25.8. The first-order chi connectivity index (χ1) is 20.1. The molecule has 42 heavy (non-hydrogen) atoms. The maximum Gasteiger partial charge on any atom is 0.294 e. The van der Waals surface area contributed by atoms with E-state index < -0.39 is 0 Å². The molecule has 9 nitrogen and oxygen atoms in total. The van der Waals surface area contributed by atoms with Crippen LogP contribution in [0.3, 0.4) is 0 Å². The SMILES string of the molecule is C/C=C(C/C=C/C#N)\C(=N/C(C)Nc1cc([N+](=O)[O-])c(N(C)CCN(C)C)cc1C)c1cn2c3c(cccc13)CCC2. The van der Waals surface area contributed by atoms with Gasteiger partial charge in [-0.1, -0.05) is 30.4 Å². The van der Waals surface area contributed by atoms with Crippen LogP contribution in [-0.4, -0.2) is 60.5 Å². The van der Waals surface area contributed by atoms with Crippen molar-refractivity contribution in [1.29, 1.82) is 5.26 Å². The van der Waals surface area contributed by atoms with Gasteiger partial charge in [0.15, 0.2) is 0 Å². The number of benzene rings is 2. The van der Waals surface area contributed by atoms with Crippen LogP contribution in [-0.2, 0) is 13.0 Å². The summed E-state index contributed by atoms with van der Waals surface area (Å²) in [4.78, 5) is 20.9. The molecule has 1 aromatic heterocycles. The molecule has 1 N–H and O–H groups in total. The molecule has 0 spiro atoms. The van der Waals surface area contributed by atoms with Crippen molar-refractivity contribution in [1.82, 2.24) is 9.47 Å². The molecule has 3 aromatic rings. The number of nitrogens with zero attached hydrogens (tertiary/aromatic N) is 6. The van der Waals surface area contributed by atoms with E-state index in [0.717, 1.165) is 48.3 Å². The van der Waals surface area contributed by atoms with Crippen LogP contribution in [0.5, 0.6) is 0 Å². The number of nitro benzene ring substituents is 1. The van der Waals surface area contributed by atoms with Gasteiger partial charge in [0.25, 0.3) is 5.69 Å². The lowest BCUT2D eigenvalue weighted by atomic mass is 9.96. The van der Waals surface area contributed by atoms with Crippen LogP contribution < -0.4 is 10.2 Å². The molecule has 4 rings (SSSR count). The maximum atomic E-state index is 12.1. The first kappa shape index (κ1) is 30.5. The molecular formula is C33H41N7O2. The second kappa shape index (κ2) is 13.5. The van der Waals surface area contributed by atoms with E-state index in [1.807, 2.05) is 65.0 Å². The minimum atomic E-state index is -0.378. The number of allylic oxidation sites excluding steroid dienone is 4. The molecule has 2 aromatic carbocycles. The van der Waals surface area contributed by atoms with E-state index in [9.17, 15) is 10.1 Å². The Kier molecular flexibility index (Phi) is 9.81. The zero-order valence-electron chi connectivity index (χ0n) is 25.5. The third-order valence-corrected chi connectivity index (χ3v) is 7.76. The summed E-state index contributed by atoms with van der Waals surface area (Å²) < 4.78 is 2.33. The Hall–Kier alpha value is -4.42. The quantitative estimate of drug-likeness (QED) is 0.117. The molecule has 1 aliphatic heterocycles. The lowest BCUT2D eigenvalue weighted by Gasteiger charge is -2.23. The van der Waals surface area contributed by atoms with E-state index in [1.165, 1.54) is 22.5 Å². The molecule has 2 heterocycles. The molecule has 220 valence electrons. The molecule has 0 bridgehead atoms. The van der Waals surface area contributed by atoms with Crippen LogP contribution in [0.4, 0.5) is 17.1 Å². The summed E-state index contributed by atoms with van der Waals surface area (Å²) in [5.41, 5.74) is 7.77. The standard InChI is InChI=1S/C33H41N7O2/c1-7-25(12-8-9-16-34)32(28-22-39-17-11-14-26-13-10-15-27(28)33(26)39)36-24(3)35-29-21-31(40(41)42)30(20-23(29)2)38(6)19-18-37(4)5/h7-10,13,15,20-22,24,35H,11-12,14,17-19H2,1-6H3/b9-8+,25-7-,36-32+. The van der Waals surface area contributed by atoms with Crippen molar-refractivity contribution < 1.29 is 4.92 Å². The Bertz CT molecular complexity index is 1590. The van der Waals surface area contributed by atoms with E-state index in [1.54, 1.807) is 6.07 Å². The molecule has 0 aliphatic carbocycles. The van der Waals surface area contributed by atoms with Gasteiger partial charge in [0, 0.05) is 61.7 Å². The number of aryl methyl sites for hydroxylation is 3. The smallest absolute Gasteiger partial charge is 0.294 e. The van der Waals surface area contributed by atoms with Gasteiger partial charge in [-0.15, -0.1) is 0 Å². The average Bonchev–Trinajstić information content (AvgIpc) is 3.34. The van der Waals surface area contributed by atoms with Crippen LogP contribution >= 0.6 is 0 Å². The average molecular weight is 568 g/mol. The highest BCUT2D eigenvalue weighted by atomic mass is 16.6. The number of nitrogens with one attached hydrogen (secondary N) is 1. The van der Waals surface area contributed by atoms with Crippen molar-refractivity contribution in [2.45, 2.75) is 52.7 Å². The normalized spacial score (nSPS) is 14.4. The van der Waals surface area contributed by atoms with Crippen LogP contribution in [0.1, 0.15) is 43.4 Å². The lowest BCUT2D eigenvalue weighted by Crippen LogP contribution is -2.29. The van der Waals surface area contributed by atoms with Crippen molar-refractivity contribution >= 4 is 33.7 Å². The second-order valence-corrected chi connectivity index (χ2v) is 11.1. The van der Waals surface area contributed by atoms with E-state index >= 15 is 0 Å². The maximum absolute atomic E-state index is 12.1. The Morgan fingerprint density at radius 2 is 2.07 bits per heavy atom. The van der Waals surface area contributed by atoms with Crippen molar-refractivity contribution in [2.24, 2.45) is 4.99 Å². The number of aromatic nitrogens is 1. The highest BCUT2D eigenvalue weighted by Crippen LogP contribution is 2.35. The first-order valence-electron chi connectivity index (χ1n) is 14.4. The molecule has 1 atom stereocenters. The fraction of sp³-hybridized carbons (Fsp3) is 0.394. The molecule has 1 aliphatic rings. The summed E-state index contributed by atoms with van der Waals surface area (Å²) in [7, 11) is 5.86. The van der Waals surface area contributed by atoms with Crippen LogP contribution in [0.15, 0.2) is 65.3 Å². The minimum absolute atomic E-state index is 0.0607. The zero-order valence-corrected chi connectivity index (χ0v) is 25.5. The Balaban J connectivity index is 1.74. The molecule has 0 saturated heterocycles. The molecule has 0 fully saturated rings. The highest BCUT2D eigenvalue weighted by molar-refractivity contribution is 6.19. The zero-order chi connectivity index (χ0) is 30.4. The molecule has 1 unspecified atom stereocenters. The molecule has 0 amide bonds. The van der Waals surface area contributed by atoms with Crippen molar-refractivity contribution in [3.63, 3.8) is 0 Å². The third-order valence-electron chi connectivity index (χ3n) is 7.76. The summed E-state index contributed by atoms with van der Waals surface area (Å²) in [6.45, 7) is 8.34. The van der Waals surface area contributed by atoms with Gasteiger partial charge < -0.3 is 19.7 Å². The topological polar surface area (TPSA) is 103 Å². The number of nitro groups is 1. The van der Waals surface area contributed by atoms with E-state index in [-0.39, 0.29) is 16.8 Å². The first-order valence-corrected chi connectivity index (χ1v) is 14.4. The van der Waals surface area contributed by atoms with Gasteiger partial charge >= 0.3 is 0 Å². The number of hydrogen-bond acceptors (Lipinski definition) is 7. The summed E-state index contributed by atoms with van der Waals surface area (Å²) >= 11 is 0. The van der Waals surface area contributed by atoms with Gasteiger partial charge in [0.1, 0.15) is 11.9 Å². The van der Waals surface area contributed by atoms with Crippen LogP contribution in [0.2, 0.25) is 0 Å². The summed E-state index contributed by atoms with van der Waals surface area (Å²) in [6.07, 6.45) is 9.95. The number of anilines is 2. The molecular weight excluding hydrogens is 526 g/mol. The number of likely N-dealkylation sites (N-methyl/N-ethyl adjacent to an activating group) is 2. The summed E-state index contributed by atoms with van der Waals surface area (Å²) in [5.74, 6) is 0. The van der Waals surface area contributed by atoms with E-state index in [2.05, 4.69) is 45.2 Å². The third kappa shape index (κ3) is 6.72. The predicted octanol–water partition coefficient (Wildman–Crippen LogP) is 6.47. The van der Waals surface area contributed by atoms with Crippen LogP contribution in [0.25, 0.3) is 10.9 Å². The second-order valence-electron chi connectivity index (χ2n) is 11.1. The summed E-state index contributed by atoms with van der Waals surface area (Å²) in [6, 6.07) is 12.0. The van der Waals surface area contributed by atoms with Crippen molar-refractivity contribution in [3.05, 3.63) is 87.1 Å². The monoisotopic (exact) mass is 567 g/mol. The van der Waals surface area contributed by atoms with Gasteiger partial charge in [0.05, 0.1) is 22.2 Å². The fourth-order valence-corrected chi connectivity index (χ4v) is 5.57. The Morgan fingerprint density at radius 1 is 1.29 bits per heavy atom. The van der Waals surface area contributed by atoms with Crippen LogP contribution in [0, 0.1) is 28.4 Å². The van der Waals surface area contributed by atoms with Gasteiger partial charge in [-0.2, -0.15) is 5.26 Å². The van der Waals surface area contributed by atoms with Gasteiger partial charge in [-0.05, 0) is 76.9 Å². The van der Waals surface area contributed by atoms with Gasteiger partial charge in [-0.3, -0.25) is 15.1 Å². The number of rotatable bonds is 12. The highest BCUT2D eigenvalue weighted by Gasteiger charge is 2.23. The minimum Gasteiger partial charge on any atom is -0.368 e. The number of hydrogen-bond donors (Lipinski definition) is 1. The Morgan fingerprint density at radius 3 is 2.76 bits per heavy atom. The molecule has 9 heteroatoms. The fourth-order valence-electron chi connectivity index (χ4n) is 5.57. The number of nitriles is 1. The molecule has 0 saturated carbocycles. The lowest BCUT2D eigenvalue weighted by molar-refractivity contribution is -0.384. The van der Waals surface area contributed by atoms with E-state index in [4.69, 9.17) is 10.3 Å². The van der Waals surface area contributed by atoms with Gasteiger partial charge in [-0.25, -0.2) is 0 Å². The number of para-hydroxylation sites is 1. The van der Waals surface area contributed by atoms with Gasteiger partial charge in [0.2, 0.25) is 0 Å².